The SMILES string of the molecule is Cc1cc(C)cc(CN[I-]C(=N)N)c1. The molecule has 1 aromatic carbocycles. The number of nitrogens with one attached hydrogen (secondary N) is 2. The van der Waals surface area contributed by atoms with Crippen molar-refractivity contribution in [3.8, 4) is 0 Å². The number of rotatable bonds is 4. The standard InChI is InChI=1S/C10H15IN3/c1-7-3-8(2)5-9(4-7)6-14-11-10(12)13/h3-5,14H,6H2,1-2H3,(H3,12,13)/q-1. The van der Waals surface area contributed by atoms with Gasteiger partial charge in [-0.3, -0.25) is 0 Å². The Morgan fingerprint density at radius 3 is 2.43 bits per heavy atom. The van der Waals surface area contributed by atoms with Crippen LogP contribution in [0.15, 0.2) is 18.2 Å². The fourth-order valence-corrected chi connectivity index (χ4v) is 2.40. The van der Waals surface area contributed by atoms with Gasteiger partial charge in [-0.1, -0.05) is 0 Å². The Hall–Kier alpha value is -0.620. The van der Waals surface area contributed by atoms with Crippen molar-refractivity contribution in [3.63, 3.8) is 0 Å². The number of aryl methyl sites for hydroxylation is 2. The van der Waals surface area contributed by atoms with Gasteiger partial charge in [0.2, 0.25) is 0 Å². The van der Waals surface area contributed by atoms with Crippen molar-refractivity contribution in [1.82, 2.24) is 3.53 Å². The Balaban J connectivity index is 2.54. The van der Waals surface area contributed by atoms with Crippen molar-refractivity contribution in [2.75, 3.05) is 0 Å². The molecule has 0 amide bonds. The summed E-state index contributed by atoms with van der Waals surface area (Å²) in [5.41, 5.74) is 9.11. The van der Waals surface area contributed by atoms with Crippen LogP contribution < -0.4 is 30.7 Å². The zero-order chi connectivity index (χ0) is 10.6. The summed E-state index contributed by atoms with van der Waals surface area (Å²) in [7, 11) is 0. The van der Waals surface area contributed by atoms with Crippen molar-refractivity contribution in [2.45, 2.75) is 20.4 Å². The molecular weight excluding hydrogens is 289 g/mol. The molecule has 14 heavy (non-hydrogen) atoms. The van der Waals surface area contributed by atoms with Gasteiger partial charge in [-0.25, -0.2) is 0 Å². The van der Waals surface area contributed by atoms with E-state index in [0.717, 1.165) is 6.54 Å². The monoisotopic (exact) mass is 304 g/mol. The van der Waals surface area contributed by atoms with Gasteiger partial charge in [-0.05, 0) is 0 Å². The third-order valence-electron chi connectivity index (χ3n) is 1.72. The van der Waals surface area contributed by atoms with E-state index in [9.17, 15) is 0 Å². The summed E-state index contributed by atoms with van der Waals surface area (Å²) in [4.78, 5) is 0. The summed E-state index contributed by atoms with van der Waals surface area (Å²) >= 11 is -0.469. The molecule has 0 fully saturated rings. The normalized spacial score (nSPS) is 10.4. The number of benzene rings is 1. The van der Waals surface area contributed by atoms with Crippen molar-refractivity contribution >= 4 is 3.84 Å². The maximum absolute atomic E-state index is 7.11. The molecule has 0 spiro atoms. The molecule has 0 saturated carbocycles. The predicted octanol–water partition coefficient (Wildman–Crippen LogP) is -1.71. The predicted molar refractivity (Wildman–Crippen MR) is 54.7 cm³/mol. The summed E-state index contributed by atoms with van der Waals surface area (Å²) in [6, 6.07) is 6.47. The average molecular weight is 304 g/mol. The van der Waals surface area contributed by atoms with Crippen LogP contribution in [0.3, 0.4) is 0 Å². The van der Waals surface area contributed by atoms with Crippen LogP contribution in [0, 0.1) is 19.3 Å². The summed E-state index contributed by atoms with van der Waals surface area (Å²) < 4.78 is 3.50. The van der Waals surface area contributed by atoms with Crippen LogP contribution in [-0.2, 0) is 6.54 Å². The zero-order valence-electron chi connectivity index (χ0n) is 8.39. The Labute approximate surface area is 95.2 Å². The molecule has 4 N–H and O–H groups in total. The first-order chi connectivity index (χ1) is 6.58. The van der Waals surface area contributed by atoms with E-state index >= 15 is 0 Å². The van der Waals surface area contributed by atoms with Crippen molar-refractivity contribution < 1.29 is 21.5 Å². The maximum atomic E-state index is 7.11. The van der Waals surface area contributed by atoms with Crippen molar-refractivity contribution in [3.05, 3.63) is 34.9 Å². The Morgan fingerprint density at radius 1 is 1.36 bits per heavy atom. The van der Waals surface area contributed by atoms with Gasteiger partial charge >= 0.3 is 95.3 Å². The second-order valence-electron chi connectivity index (χ2n) is 3.25. The molecule has 3 nitrogen and oxygen atoms in total. The summed E-state index contributed by atoms with van der Waals surface area (Å²) in [5.74, 6) is 0. The van der Waals surface area contributed by atoms with Gasteiger partial charge in [-0.2, -0.15) is 0 Å². The van der Waals surface area contributed by atoms with E-state index in [1.165, 1.54) is 16.7 Å². The van der Waals surface area contributed by atoms with E-state index in [1.54, 1.807) is 0 Å². The summed E-state index contributed by atoms with van der Waals surface area (Å²) in [5, 5.41) is 7.11. The fourth-order valence-electron chi connectivity index (χ4n) is 1.35. The van der Waals surface area contributed by atoms with E-state index < -0.39 is 21.5 Å². The van der Waals surface area contributed by atoms with Gasteiger partial charge in [0, 0.05) is 0 Å². The fraction of sp³-hybridized carbons (Fsp3) is 0.300. The van der Waals surface area contributed by atoms with E-state index in [1.807, 2.05) is 0 Å². The molecule has 0 bridgehead atoms. The number of hydrogen-bond donors (Lipinski definition) is 3. The number of halogens is 1. The van der Waals surface area contributed by atoms with Crippen molar-refractivity contribution in [1.29, 1.82) is 5.41 Å². The van der Waals surface area contributed by atoms with Gasteiger partial charge in [0.05, 0.1) is 0 Å². The first-order valence-corrected chi connectivity index (χ1v) is 6.51. The van der Waals surface area contributed by atoms with Crippen LogP contribution in [0.2, 0.25) is 0 Å². The molecule has 0 aliphatic rings. The van der Waals surface area contributed by atoms with Crippen LogP contribution in [0.1, 0.15) is 16.7 Å². The third kappa shape index (κ3) is 4.06. The Morgan fingerprint density at radius 2 is 1.93 bits per heavy atom. The molecule has 0 unspecified atom stereocenters. The van der Waals surface area contributed by atoms with Crippen LogP contribution in [0.4, 0.5) is 0 Å². The first kappa shape index (κ1) is 11.5. The Bertz CT molecular complexity index is 316. The molecule has 0 heterocycles. The molecule has 0 atom stereocenters. The Kier molecular flexibility index (Phi) is 4.34. The molecule has 1 aromatic rings. The van der Waals surface area contributed by atoms with Gasteiger partial charge in [0.1, 0.15) is 0 Å². The molecule has 0 aromatic heterocycles. The van der Waals surface area contributed by atoms with Crippen molar-refractivity contribution in [2.24, 2.45) is 5.73 Å². The minimum absolute atomic E-state index is 0.285. The summed E-state index contributed by atoms with van der Waals surface area (Å²) in [6.45, 7) is 5.00. The van der Waals surface area contributed by atoms with Crippen LogP contribution in [-0.4, -0.2) is 3.84 Å². The molecule has 0 aliphatic heterocycles. The minimum atomic E-state index is -0.469. The van der Waals surface area contributed by atoms with Gasteiger partial charge in [0.25, 0.3) is 0 Å². The number of amidine groups is 1. The molecule has 78 valence electrons. The zero-order valence-corrected chi connectivity index (χ0v) is 10.6. The van der Waals surface area contributed by atoms with E-state index in [-0.39, 0.29) is 3.84 Å². The first-order valence-electron chi connectivity index (χ1n) is 4.36. The average Bonchev–Trinajstić information content (AvgIpc) is 2.01. The van der Waals surface area contributed by atoms with Gasteiger partial charge in [0.15, 0.2) is 0 Å². The molecule has 1 rings (SSSR count). The van der Waals surface area contributed by atoms with Gasteiger partial charge < -0.3 is 0 Å². The second-order valence-corrected chi connectivity index (χ2v) is 5.71. The molecular formula is C10H15IN3-. The third-order valence-corrected chi connectivity index (χ3v) is 3.06. The molecule has 4 heteroatoms. The molecule has 0 radical (unpaired) electrons. The van der Waals surface area contributed by atoms with Crippen LogP contribution >= 0.6 is 0 Å². The van der Waals surface area contributed by atoms with Crippen LogP contribution in [0.5, 0.6) is 0 Å². The van der Waals surface area contributed by atoms with Crippen LogP contribution in [0.25, 0.3) is 0 Å². The number of nitrogens with two attached hydrogens (primary N) is 1. The number of hydrogen-bond acceptors (Lipinski definition) is 2. The summed E-state index contributed by atoms with van der Waals surface area (Å²) in [6.07, 6.45) is 0. The van der Waals surface area contributed by atoms with Gasteiger partial charge in [-0.15, -0.1) is 0 Å². The quantitative estimate of drug-likeness (QED) is 0.204. The van der Waals surface area contributed by atoms with E-state index in [0.29, 0.717) is 0 Å². The molecule has 0 aliphatic carbocycles. The second kappa shape index (κ2) is 5.31. The van der Waals surface area contributed by atoms with E-state index in [4.69, 9.17) is 11.1 Å². The topological polar surface area (TPSA) is 61.9 Å². The van der Waals surface area contributed by atoms with E-state index in [2.05, 4.69) is 35.6 Å². The molecule has 0 saturated heterocycles.